The van der Waals surface area contributed by atoms with Crippen LogP contribution in [0.25, 0.3) is 10.9 Å². The molecule has 0 radical (unpaired) electrons. The number of methoxy groups -OCH3 is 1. The van der Waals surface area contributed by atoms with Crippen molar-refractivity contribution in [3.63, 3.8) is 0 Å². The molecule has 1 aromatic heterocycles. The van der Waals surface area contributed by atoms with Crippen LogP contribution in [0.1, 0.15) is 21.6 Å². The van der Waals surface area contributed by atoms with E-state index in [1.807, 2.05) is 19.9 Å². The predicted molar refractivity (Wildman–Crippen MR) is 108 cm³/mol. The highest BCUT2D eigenvalue weighted by atomic mass is 16.5. The molecule has 29 heavy (non-hydrogen) atoms. The predicted octanol–water partition coefficient (Wildman–Crippen LogP) is 3.30. The Bertz CT molecular complexity index is 1090. The Labute approximate surface area is 167 Å². The number of fused-ring (bicyclic) bond motifs is 1. The van der Waals surface area contributed by atoms with Crippen molar-refractivity contribution >= 4 is 34.5 Å². The number of urea groups is 1. The van der Waals surface area contributed by atoms with Crippen LogP contribution in [0, 0.1) is 13.8 Å². The van der Waals surface area contributed by atoms with Crippen molar-refractivity contribution in [2.75, 3.05) is 19.0 Å². The molecule has 0 aliphatic rings. The van der Waals surface area contributed by atoms with Gasteiger partial charge in [0, 0.05) is 22.7 Å². The Balaban J connectivity index is 1.54. The van der Waals surface area contributed by atoms with Crippen LogP contribution in [0.2, 0.25) is 0 Å². The quantitative estimate of drug-likeness (QED) is 0.574. The lowest BCUT2D eigenvalue weighted by Gasteiger charge is -2.10. The molecule has 3 amide bonds. The van der Waals surface area contributed by atoms with Gasteiger partial charge >= 0.3 is 12.0 Å². The summed E-state index contributed by atoms with van der Waals surface area (Å²) in [6, 6.07) is 11.7. The van der Waals surface area contributed by atoms with Crippen LogP contribution in [-0.4, -0.2) is 36.6 Å². The molecule has 2 aromatic carbocycles. The fourth-order valence-corrected chi connectivity index (χ4v) is 2.75. The number of hydrogen-bond acceptors (Lipinski definition) is 5. The van der Waals surface area contributed by atoms with E-state index in [-0.39, 0.29) is 5.69 Å². The SMILES string of the molecule is COc1ccc2cc(C(=O)OCC(=O)NC(=O)Nc3cccc(C)c3C)[nH]c2c1. The molecule has 3 N–H and O–H groups in total. The minimum atomic E-state index is -0.737. The smallest absolute Gasteiger partial charge is 0.355 e. The van der Waals surface area contributed by atoms with Gasteiger partial charge in [0.25, 0.3) is 5.91 Å². The first kappa shape index (κ1) is 19.9. The van der Waals surface area contributed by atoms with Crippen LogP contribution in [0.5, 0.6) is 5.75 Å². The standard InChI is InChI=1S/C21H21N3O5/c1-12-5-4-6-16(13(12)2)23-21(27)24-19(25)11-29-20(26)18-9-14-7-8-15(28-3)10-17(14)22-18/h4-10,22H,11H2,1-3H3,(H2,23,24,25,27). The number of carbonyl (C=O) groups excluding carboxylic acids is 3. The molecule has 3 rings (SSSR count). The maximum absolute atomic E-state index is 12.2. The van der Waals surface area contributed by atoms with E-state index in [4.69, 9.17) is 9.47 Å². The summed E-state index contributed by atoms with van der Waals surface area (Å²) in [6.45, 7) is 3.20. The third-order valence-corrected chi connectivity index (χ3v) is 4.49. The van der Waals surface area contributed by atoms with Crippen molar-refractivity contribution in [3.05, 3.63) is 59.3 Å². The average Bonchev–Trinajstić information content (AvgIpc) is 3.13. The number of amides is 3. The van der Waals surface area contributed by atoms with Gasteiger partial charge in [-0.05, 0) is 49.2 Å². The zero-order valence-corrected chi connectivity index (χ0v) is 16.3. The third kappa shape index (κ3) is 4.73. The summed E-state index contributed by atoms with van der Waals surface area (Å²) in [5, 5.41) is 5.53. The van der Waals surface area contributed by atoms with Gasteiger partial charge in [-0.25, -0.2) is 9.59 Å². The number of ether oxygens (including phenoxy) is 2. The molecular formula is C21H21N3O5. The molecule has 0 aliphatic heterocycles. The van der Waals surface area contributed by atoms with Crippen molar-refractivity contribution in [2.24, 2.45) is 0 Å². The fourth-order valence-electron chi connectivity index (χ4n) is 2.75. The molecule has 0 aliphatic carbocycles. The van der Waals surface area contributed by atoms with Gasteiger partial charge in [0.05, 0.1) is 7.11 Å². The Morgan fingerprint density at radius 3 is 2.62 bits per heavy atom. The second-order valence-corrected chi connectivity index (χ2v) is 6.46. The van der Waals surface area contributed by atoms with E-state index in [1.54, 1.807) is 43.5 Å². The number of carbonyl (C=O) groups is 3. The number of aromatic nitrogens is 1. The van der Waals surface area contributed by atoms with Crippen LogP contribution >= 0.6 is 0 Å². The zero-order valence-electron chi connectivity index (χ0n) is 16.3. The lowest BCUT2D eigenvalue weighted by atomic mass is 10.1. The summed E-state index contributed by atoms with van der Waals surface area (Å²) >= 11 is 0. The fraction of sp³-hybridized carbons (Fsp3) is 0.190. The zero-order chi connectivity index (χ0) is 21.0. The summed E-state index contributed by atoms with van der Waals surface area (Å²) in [4.78, 5) is 39.0. The van der Waals surface area contributed by atoms with Gasteiger partial charge in [-0.2, -0.15) is 0 Å². The normalized spacial score (nSPS) is 10.4. The minimum absolute atomic E-state index is 0.195. The first-order valence-corrected chi connectivity index (χ1v) is 8.88. The molecule has 3 aromatic rings. The van der Waals surface area contributed by atoms with Gasteiger partial charge < -0.3 is 19.8 Å². The van der Waals surface area contributed by atoms with Crippen molar-refractivity contribution in [1.29, 1.82) is 0 Å². The number of esters is 1. The molecule has 0 bridgehead atoms. The second kappa shape index (κ2) is 8.47. The van der Waals surface area contributed by atoms with Crippen molar-refractivity contribution < 1.29 is 23.9 Å². The van der Waals surface area contributed by atoms with E-state index in [0.29, 0.717) is 17.0 Å². The highest BCUT2D eigenvalue weighted by Gasteiger charge is 2.15. The minimum Gasteiger partial charge on any atom is -0.497 e. The number of rotatable bonds is 5. The number of H-pyrrole nitrogens is 1. The molecule has 0 fully saturated rings. The molecule has 0 saturated carbocycles. The number of aromatic amines is 1. The van der Waals surface area contributed by atoms with Gasteiger partial charge in [0.15, 0.2) is 6.61 Å². The van der Waals surface area contributed by atoms with E-state index in [2.05, 4.69) is 15.6 Å². The van der Waals surface area contributed by atoms with E-state index < -0.39 is 24.5 Å². The Morgan fingerprint density at radius 1 is 1.07 bits per heavy atom. The number of imide groups is 1. The van der Waals surface area contributed by atoms with Crippen LogP contribution in [0.15, 0.2) is 42.5 Å². The Hall–Kier alpha value is -3.81. The molecule has 0 atom stereocenters. The molecule has 8 nitrogen and oxygen atoms in total. The first-order chi connectivity index (χ1) is 13.9. The molecule has 150 valence electrons. The van der Waals surface area contributed by atoms with Crippen molar-refractivity contribution in [2.45, 2.75) is 13.8 Å². The van der Waals surface area contributed by atoms with Crippen LogP contribution in [-0.2, 0) is 9.53 Å². The number of anilines is 1. The van der Waals surface area contributed by atoms with Crippen LogP contribution in [0.4, 0.5) is 10.5 Å². The molecule has 0 spiro atoms. The topological polar surface area (TPSA) is 110 Å². The maximum atomic E-state index is 12.2. The van der Waals surface area contributed by atoms with E-state index in [9.17, 15) is 14.4 Å². The Kier molecular flexibility index (Phi) is 5.82. The van der Waals surface area contributed by atoms with Crippen molar-refractivity contribution in [1.82, 2.24) is 10.3 Å². The van der Waals surface area contributed by atoms with E-state index in [1.165, 1.54) is 0 Å². The molecule has 0 unspecified atom stereocenters. The summed E-state index contributed by atoms with van der Waals surface area (Å²) in [6.07, 6.45) is 0. The second-order valence-electron chi connectivity index (χ2n) is 6.46. The number of benzene rings is 2. The number of aryl methyl sites for hydroxylation is 1. The van der Waals surface area contributed by atoms with Gasteiger partial charge in [0.1, 0.15) is 11.4 Å². The first-order valence-electron chi connectivity index (χ1n) is 8.88. The lowest BCUT2D eigenvalue weighted by molar-refractivity contribution is -0.123. The number of hydrogen-bond donors (Lipinski definition) is 3. The molecule has 8 heteroatoms. The monoisotopic (exact) mass is 395 g/mol. The van der Waals surface area contributed by atoms with E-state index in [0.717, 1.165) is 16.5 Å². The molecule has 1 heterocycles. The maximum Gasteiger partial charge on any atom is 0.355 e. The lowest BCUT2D eigenvalue weighted by Crippen LogP contribution is -2.37. The highest BCUT2D eigenvalue weighted by molar-refractivity contribution is 6.03. The van der Waals surface area contributed by atoms with Gasteiger partial charge in [-0.1, -0.05) is 12.1 Å². The molecular weight excluding hydrogens is 374 g/mol. The van der Waals surface area contributed by atoms with Crippen LogP contribution in [0.3, 0.4) is 0 Å². The number of nitrogens with one attached hydrogen (secondary N) is 3. The van der Waals surface area contributed by atoms with Gasteiger partial charge in [-0.15, -0.1) is 0 Å². The van der Waals surface area contributed by atoms with E-state index >= 15 is 0 Å². The van der Waals surface area contributed by atoms with Gasteiger partial charge in [0.2, 0.25) is 0 Å². The highest BCUT2D eigenvalue weighted by Crippen LogP contribution is 2.21. The van der Waals surface area contributed by atoms with Crippen molar-refractivity contribution in [3.8, 4) is 5.75 Å². The summed E-state index contributed by atoms with van der Waals surface area (Å²) in [7, 11) is 1.55. The summed E-state index contributed by atoms with van der Waals surface area (Å²) in [5.74, 6) is -0.794. The molecule has 0 saturated heterocycles. The Morgan fingerprint density at radius 2 is 1.86 bits per heavy atom. The third-order valence-electron chi connectivity index (χ3n) is 4.49. The average molecular weight is 395 g/mol. The van der Waals surface area contributed by atoms with Gasteiger partial charge in [-0.3, -0.25) is 10.1 Å². The summed E-state index contributed by atoms with van der Waals surface area (Å²) in [5.41, 5.74) is 3.41. The summed E-state index contributed by atoms with van der Waals surface area (Å²) < 4.78 is 10.1. The van der Waals surface area contributed by atoms with Crippen LogP contribution < -0.4 is 15.4 Å². The largest absolute Gasteiger partial charge is 0.497 e.